The molecule has 1 aliphatic rings. The second-order valence-corrected chi connectivity index (χ2v) is 8.51. The van der Waals surface area contributed by atoms with E-state index in [9.17, 15) is 9.59 Å². The summed E-state index contributed by atoms with van der Waals surface area (Å²) in [6, 6.07) is 8.94. The second kappa shape index (κ2) is 7.77. The Bertz CT molecular complexity index is 1130. The minimum atomic E-state index is -0.569. The average Bonchev–Trinajstić information content (AvgIpc) is 3.04. The first-order chi connectivity index (χ1) is 14.2. The van der Waals surface area contributed by atoms with Crippen LogP contribution in [-0.2, 0) is 9.47 Å². The maximum absolute atomic E-state index is 12.7. The Hall–Kier alpha value is -2.84. The first-order valence-electron chi connectivity index (χ1n) is 9.67. The summed E-state index contributed by atoms with van der Waals surface area (Å²) in [5.74, 6) is 0. The molecule has 2 aromatic heterocycles. The smallest absolute Gasteiger partial charge is 0.410 e. The van der Waals surface area contributed by atoms with E-state index < -0.39 is 5.60 Å². The Kier molecular flexibility index (Phi) is 5.29. The molecule has 8 nitrogen and oxygen atoms in total. The number of aromatic nitrogens is 3. The predicted octanol–water partition coefficient (Wildman–Crippen LogP) is 3.68. The van der Waals surface area contributed by atoms with E-state index in [1.807, 2.05) is 45.0 Å². The molecule has 0 unspecified atom stereocenters. The minimum Gasteiger partial charge on any atom is -0.444 e. The molecule has 1 amide bonds. The van der Waals surface area contributed by atoms with Crippen LogP contribution in [0.15, 0.2) is 41.5 Å². The molecule has 0 aliphatic carbocycles. The molecular weight excluding hydrogens is 408 g/mol. The predicted molar refractivity (Wildman–Crippen MR) is 113 cm³/mol. The van der Waals surface area contributed by atoms with E-state index in [-0.39, 0.29) is 17.7 Å². The van der Waals surface area contributed by atoms with Crippen molar-refractivity contribution in [3.8, 4) is 5.69 Å². The quantitative estimate of drug-likeness (QED) is 0.669. The number of amides is 1. The molecule has 1 fully saturated rings. The normalized spacial score (nSPS) is 17.3. The summed E-state index contributed by atoms with van der Waals surface area (Å²) >= 11 is 6.37. The highest BCUT2D eigenvalue weighted by Crippen LogP contribution is 2.29. The molecular formula is C21H23ClN4O4. The fraction of sp³-hybridized carbons (Fsp3) is 0.381. The third-order valence-corrected chi connectivity index (χ3v) is 5.13. The van der Waals surface area contributed by atoms with Crippen molar-refractivity contribution in [3.05, 3.63) is 57.7 Å². The summed E-state index contributed by atoms with van der Waals surface area (Å²) in [7, 11) is 0. The van der Waals surface area contributed by atoms with E-state index in [1.54, 1.807) is 15.5 Å². The third kappa shape index (κ3) is 3.93. The summed E-state index contributed by atoms with van der Waals surface area (Å²) in [4.78, 5) is 33.2. The van der Waals surface area contributed by atoms with Gasteiger partial charge in [0.15, 0.2) is 5.65 Å². The highest BCUT2D eigenvalue weighted by molar-refractivity contribution is 6.31. The summed E-state index contributed by atoms with van der Waals surface area (Å²) in [5.41, 5.74) is 1.35. The van der Waals surface area contributed by atoms with Crippen LogP contribution in [0.4, 0.5) is 4.79 Å². The van der Waals surface area contributed by atoms with Crippen LogP contribution >= 0.6 is 11.6 Å². The van der Waals surface area contributed by atoms with Crippen molar-refractivity contribution in [3.63, 3.8) is 0 Å². The summed E-state index contributed by atoms with van der Waals surface area (Å²) < 4.78 is 12.9. The van der Waals surface area contributed by atoms with Gasteiger partial charge in [-0.25, -0.2) is 9.78 Å². The number of carbonyl (C=O) groups excluding carboxylic acids is 1. The van der Waals surface area contributed by atoms with Crippen molar-refractivity contribution in [2.75, 3.05) is 19.8 Å². The molecule has 1 aromatic carbocycles. The molecule has 3 aromatic rings. The molecule has 1 aliphatic heterocycles. The largest absolute Gasteiger partial charge is 0.444 e. The first kappa shape index (κ1) is 20.4. The van der Waals surface area contributed by atoms with Crippen molar-refractivity contribution < 1.29 is 14.3 Å². The van der Waals surface area contributed by atoms with Crippen LogP contribution in [0.3, 0.4) is 0 Å². The van der Waals surface area contributed by atoms with Crippen LogP contribution in [0.5, 0.6) is 0 Å². The monoisotopic (exact) mass is 430 g/mol. The Morgan fingerprint density at radius 1 is 1.30 bits per heavy atom. The maximum Gasteiger partial charge on any atom is 0.410 e. The van der Waals surface area contributed by atoms with Gasteiger partial charge in [0.1, 0.15) is 10.8 Å². The van der Waals surface area contributed by atoms with Crippen LogP contribution in [-0.4, -0.2) is 50.9 Å². The Labute approximate surface area is 178 Å². The number of ether oxygens (including phenoxy) is 2. The Morgan fingerprint density at radius 2 is 2.03 bits per heavy atom. The van der Waals surface area contributed by atoms with Crippen LogP contribution in [0.2, 0.25) is 5.15 Å². The van der Waals surface area contributed by atoms with E-state index in [0.717, 1.165) is 11.3 Å². The van der Waals surface area contributed by atoms with Gasteiger partial charge in [0.25, 0.3) is 5.56 Å². The molecule has 30 heavy (non-hydrogen) atoms. The number of nitrogens with zero attached hydrogens (tertiary/aromatic N) is 3. The van der Waals surface area contributed by atoms with E-state index in [0.29, 0.717) is 35.9 Å². The SMILES string of the molecule is CC(C)(C)OC(=O)N1CCOC[C@@H]1c1ccc(-n2c(Cl)cc3c(=O)[nH]cnc32)cc1. The van der Waals surface area contributed by atoms with Crippen LogP contribution in [0.25, 0.3) is 16.7 Å². The zero-order chi connectivity index (χ0) is 21.5. The molecule has 0 bridgehead atoms. The lowest BCUT2D eigenvalue weighted by molar-refractivity contribution is -0.0331. The Morgan fingerprint density at radius 3 is 2.73 bits per heavy atom. The number of hydrogen-bond donors (Lipinski definition) is 1. The van der Waals surface area contributed by atoms with Crippen LogP contribution in [0, 0.1) is 0 Å². The standard InChI is InChI=1S/C21H23ClN4O4/c1-21(2,3)30-20(28)25-8-9-29-11-16(25)13-4-6-14(7-5-13)26-17(22)10-15-18(26)23-12-24-19(15)27/h4-7,10,12,16H,8-9,11H2,1-3H3,(H,23,24,27)/t16-/m1/s1. The van der Waals surface area contributed by atoms with Crippen molar-refractivity contribution >= 4 is 28.7 Å². The molecule has 3 heterocycles. The van der Waals surface area contributed by atoms with Crippen molar-refractivity contribution in [1.29, 1.82) is 0 Å². The summed E-state index contributed by atoms with van der Waals surface area (Å²) in [6.45, 7) is 6.86. The minimum absolute atomic E-state index is 0.246. The molecule has 1 atom stereocenters. The number of carbonyl (C=O) groups is 1. The number of rotatable bonds is 2. The van der Waals surface area contributed by atoms with Gasteiger partial charge in [0.05, 0.1) is 31.0 Å². The van der Waals surface area contributed by atoms with Crippen molar-refractivity contribution in [2.45, 2.75) is 32.4 Å². The van der Waals surface area contributed by atoms with Gasteiger partial charge in [0, 0.05) is 12.2 Å². The molecule has 0 radical (unpaired) electrons. The highest BCUT2D eigenvalue weighted by Gasteiger charge is 2.32. The zero-order valence-electron chi connectivity index (χ0n) is 17.0. The van der Waals surface area contributed by atoms with E-state index >= 15 is 0 Å². The van der Waals surface area contributed by atoms with Gasteiger partial charge < -0.3 is 14.5 Å². The first-order valence-corrected chi connectivity index (χ1v) is 10.0. The van der Waals surface area contributed by atoms with Gasteiger partial charge in [-0.1, -0.05) is 23.7 Å². The summed E-state index contributed by atoms with van der Waals surface area (Å²) in [6.07, 6.45) is 0.993. The van der Waals surface area contributed by atoms with Gasteiger partial charge in [-0.05, 0) is 44.5 Å². The molecule has 4 rings (SSSR count). The Balaban J connectivity index is 1.65. The molecule has 1 N–H and O–H groups in total. The number of nitrogens with one attached hydrogen (secondary N) is 1. The second-order valence-electron chi connectivity index (χ2n) is 8.13. The lowest BCUT2D eigenvalue weighted by Gasteiger charge is -2.36. The van der Waals surface area contributed by atoms with Gasteiger partial charge >= 0.3 is 6.09 Å². The fourth-order valence-corrected chi connectivity index (χ4v) is 3.79. The van der Waals surface area contributed by atoms with Gasteiger partial charge in [-0.2, -0.15) is 0 Å². The van der Waals surface area contributed by atoms with Gasteiger partial charge in [0.2, 0.25) is 0 Å². The average molecular weight is 431 g/mol. The van der Waals surface area contributed by atoms with Crippen molar-refractivity contribution in [2.24, 2.45) is 0 Å². The van der Waals surface area contributed by atoms with Crippen LogP contribution in [0.1, 0.15) is 32.4 Å². The van der Waals surface area contributed by atoms with E-state index in [2.05, 4.69) is 9.97 Å². The lowest BCUT2D eigenvalue weighted by atomic mass is 10.0. The number of aromatic amines is 1. The molecule has 1 saturated heterocycles. The molecule has 0 saturated carbocycles. The molecule has 0 spiro atoms. The number of benzene rings is 1. The number of hydrogen-bond acceptors (Lipinski definition) is 5. The van der Waals surface area contributed by atoms with E-state index in [1.165, 1.54) is 6.33 Å². The zero-order valence-corrected chi connectivity index (χ0v) is 17.8. The lowest BCUT2D eigenvalue weighted by Crippen LogP contribution is -2.45. The number of H-pyrrole nitrogens is 1. The van der Waals surface area contributed by atoms with Crippen LogP contribution < -0.4 is 5.56 Å². The molecule has 9 heteroatoms. The van der Waals surface area contributed by atoms with Gasteiger partial charge in [-0.3, -0.25) is 14.3 Å². The highest BCUT2D eigenvalue weighted by atomic mass is 35.5. The molecule has 158 valence electrons. The number of halogens is 1. The number of fused-ring (bicyclic) bond motifs is 1. The van der Waals surface area contributed by atoms with Gasteiger partial charge in [-0.15, -0.1) is 0 Å². The third-order valence-electron chi connectivity index (χ3n) is 4.85. The van der Waals surface area contributed by atoms with E-state index in [4.69, 9.17) is 21.1 Å². The van der Waals surface area contributed by atoms with Crippen molar-refractivity contribution in [1.82, 2.24) is 19.4 Å². The maximum atomic E-state index is 12.7. The summed E-state index contributed by atoms with van der Waals surface area (Å²) in [5, 5.41) is 0.807. The fourth-order valence-electron chi connectivity index (χ4n) is 3.50. The number of morpholine rings is 1. The topological polar surface area (TPSA) is 89.5 Å².